The zero-order valence-electron chi connectivity index (χ0n) is 8.76. The summed E-state index contributed by atoms with van der Waals surface area (Å²) in [6.07, 6.45) is -9.24. The van der Waals surface area contributed by atoms with E-state index in [0.29, 0.717) is 0 Å². The van der Waals surface area contributed by atoms with Crippen molar-refractivity contribution in [3.63, 3.8) is 0 Å². The van der Waals surface area contributed by atoms with Gasteiger partial charge in [0.05, 0.1) is 22.7 Å². The highest BCUT2D eigenvalue weighted by Gasteiger charge is 2.47. The molecule has 0 aliphatic carbocycles. The number of rotatable bonds is 2. The van der Waals surface area contributed by atoms with Gasteiger partial charge in [0.15, 0.2) is 6.29 Å². The van der Waals surface area contributed by atoms with Crippen molar-refractivity contribution < 1.29 is 38.0 Å². The van der Waals surface area contributed by atoms with Crippen LogP contribution in [-0.2, 0) is 9.53 Å². The topological polar surface area (TPSA) is 99.0 Å². The first-order valence-corrected chi connectivity index (χ1v) is 6.07. The van der Waals surface area contributed by atoms with Crippen molar-refractivity contribution in [2.45, 2.75) is 34.6 Å². The molecule has 0 bridgehead atoms. The standard InChI is InChI=1S/C8H11F3INO5/c9-8(10,11)7(17)13-4-3(12)5(15)2(1-14)18-6(4)16/h2-6,14-16H,1H2,(H,13,17)/t2-,3-,4+,5-,6?/m1/s1. The number of amides is 1. The molecule has 5 atom stereocenters. The third-order valence-corrected chi connectivity index (χ3v) is 3.92. The second kappa shape index (κ2) is 5.86. The van der Waals surface area contributed by atoms with Crippen LogP contribution in [0.2, 0.25) is 0 Å². The Balaban J connectivity index is 2.74. The molecule has 4 N–H and O–H groups in total. The average molecular weight is 385 g/mol. The fourth-order valence-electron chi connectivity index (χ4n) is 1.45. The Kier molecular flexibility index (Phi) is 5.17. The summed E-state index contributed by atoms with van der Waals surface area (Å²) in [5.74, 6) is -2.23. The quantitative estimate of drug-likeness (QED) is 0.358. The van der Waals surface area contributed by atoms with Gasteiger partial charge < -0.3 is 25.4 Å². The number of aliphatic hydroxyl groups excluding tert-OH is 3. The van der Waals surface area contributed by atoms with E-state index in [1.807, 2.05) is 0 Å². The minimum absolute atomic E-state index is 0.600. The van der Waals surface area contributed by atoms with Gasteiger partial charge >= 0.3 is 12.1 Å². The molecule has 1 saturated heterocycles. The molecule has 1 amide bonds. The number of alkyl halides is 4. The molecular formula is C8H11F3INO5. The predicted molar refractivity (Wildman–Crippen MR) is 59.8 cm³/mol. The van der Waals surface area contributed by atoms with Gasteiger partial charge in [0.1, 0.15) is 6.10 Å². The van der Waals surface area contributed by atoms with E-state index in [9.17, 15) is 28.2 Å². The van der Waals surface area contributed by atoms with Gasteiger partial charge in [0.25, 0.3) is 0 Å². The molecule has 6 nitrogen and oxygen atoms in total. The molecule has 1 aliphatic rings. The van der Waals surface area contributed by atoms with Gasteiger partial charge in [-0.25, -0.2) is 0 Å². The summed E-state index contributed by atoms with van der Waals surface area (Å²) in [4.78, 5) is 10.7. The zero-order chi connectivity index (χ0) is 14.1. The summed E-state index contributed by atoms with van der Waals surface area (Å²) in [5, 5.41) is 29.4. The molecule has 1 fully saturated rings. The first-order chi connectivity index (χ1) is 8.18. The number of halogens is 4. The van der Waals surface area contributed by atoms with Crippen molar-refractivity contribution in [1.82, 2.24) is 5.32 Å². The SMILES string of the molecule is O=C(N[C@@H]1C(O)O[C@H](CO)[C@@H](O)[C@@H]1I)C(F)(F)F. The highest BCUT2D eigenvalue weighted by atomic mass is 127. The van der Waals surface area contributed by atoms with Crippen LogP contribution in [0.4, 0.5) is 13.2 Å². The van der Waals surface area contributed by atoms with Crippen LogP contribution in [0.15, 0.2) is 0 Å². The molecule has 0 aromatic carbocycles. The normalized spacial score (nSPS) is 37.4. The van der Waals surface area contributed by atoms with E-state index in [4.69, 9.17) is 9.84 Å². The van der Waals surface area contributed by atoms with Crippen LogP contribution in [0, 0.1) is 0 Å². The maximum absolute atomic E-state index is 12.1. The highest BCUT2D eigenvalue weighted by Crippen LogP contribution is 2.27. The number of ether oxygens (including phenoxy) is 1. The van der Waals surface area contributed by atoms with Crippen molar-refractivity contribution in [2.24, 2.45) is 0 Å². The van der Waals surface area contributed by atoms with Crippen LogP contribution in [0.25, 0.3) is 0 Å². The maximum Gasteiger partial charge on any atom is 0.471 e. The van der Waals surface area contributed by atoms with E-state index < -0.39 is 47.2 Å². The Morgan fingerprint density at radius 3 is 2.39 bits per heavy atom. The molecule has 0 radical (unpaired) electrons. The molecule has 0 spiro atoms. The van der Waals surface area contributed by atoms with Gasteiger partial charge in [-0.1, -0.05) is 22.6 Å². The largest absolute Gasteiger partial charge is 0.471 e. The Morgan fingerprint density at radius 1 is 1.39 bits per heavy atom. The van der Waals surface area contributed by atoms with E-state index in [2.05, 4.69) is 0 Å². The number of carbonyl (C=O) groups excluding carboxylic acids is 1. The van der Waals surface area contributed by atoms with Gasteiger partial charge in [-0.3, -0.25) is 4.79 Å². The van der Waals surface area contributed by atoms with Crippen molar-refractivity contribution in [3.8, 4) is 0 Å². The summed E-state index contributed by atoms with van der Waals surface area (Å²) < 4.78 is 40.0. The minimum Gasteiger partial charge on any atom is -0.394 e. The first kappa shape index (κ1) is 15.9. The molecule has 1 heterocycles. The zero-order valence-corrected chi connectivity index (χ0v) is 10.9. The lowest BCUT2D eigenvalue weighted by Crippen LogP contribution is -2.63. The predicted octanol–water partition coefficient (Wildman–Crippen LogP) is -1.09. The Bertz CT molecular complexity index is 316. The fraction of sp³-hybridized carbons (Fsp3) is 0.875. The van der Waals surface area contributed by atoms with E-state index in [1.165, 1.54) is 0 Å². The smallest absolute Gasteiger partial charge is 0.394 e. The summed E-state index contributed by atoms with van der Waals surface area (Å²) >= 11 is 1.58. The molecule has 0 saturated carbocycles. The molecule has 1 unspecified atom stereocenters. The molecule has 10 heteroatoms. The van der Waals surface area contributed by atoms with Crippen LogP contribution in [0.5, 0.6) is 0 Å². The fourth-order valence-corrected chi connectivity index (χ4v) is 2.45. The van der Waals surface area contributed by atoms with Gasteiger partial charge in [0.2, 0.25) is 0 Å². The van der Waals surface area contributed by atoms with Gasteiger partial charge in [-0.2, -0.15) is 13.2 Å². The maximum atomic E-state index is 12.1. The molecule has 106 valence electrons. The number of hydrogen-bond donors (Lipinski definition) is 4. The lowest BCUT2D eigenvalue weighted by molar-refractivity contribution is -0.220. The van der Waals surface area contributed by atoms with Gasteiger partial charge in [0, 0.05) is 0 Å². The second-order valence-electron chi connectivity index (χ2n) is 3.68. The third kappa shape index (κ3) is 3.44. The van der Waals surface area contributed by atoms with Gasteiger partial charge in [-0.05, 0) is 0 Å². The third-order valence-electron chi connectivity index (χ3n) is 2.41. The van der Waals surface area contributed by atoms with Crippen molar-refractivity contribution >= 4 is 28.5 Å². The van der Waals surface area contributed by atoms with Crippen LogP contribution in [0.3, 0.4) is 0 Å². The van der Waals surface area contributed by atoms with Gasteiger partial charge in [-0.15, -0.1) is 0 Å². The summed E-state index contributed by atoms with van der Waals surface area (Å²) in [6, 6.07) is -1.42. The van der Waals surface area contributed by atoms with E-state index in [1.54, 1.807) is 27.9 Å². The molecule has 0 aromatic heterocycles. The van der Waals surface area contributed by atoms with Crippen LogP contribution >= 0.6 is 22.6 Å². The molecular weight excluding hydrogens is 374 g/mol. The Morgan fingerprint density at radius 2 is 1.94 bits per heavy atom. The van der Waals surface area contributed by atoms with Crippen molar-refractivity contribution in [1.29, 1.82) is 0 Å². The Hall–Kier alpha value is -0.170. The van der Waals surface area contributed by atoms with E-state index in [0.717, 1.165) is 0 Å². The molecule has 0 aromatic rings. The van der Waals surface area contributed by atoms with Crippen LogP contribution < -0.4 is 5.32 Å². The minimum atomic E-state index is -5.09. The molecule has 1 aliphatic heterocycles. The Labute approximate surface area is 113 Å². The summed E-state index contributed by atoms with van der Waals surface area (Å²) in [6.45, 7) is -0.600. The summed E-state index contributed by atoms with van der Waals surface area (Å²) in [5.41, 5.74) is 0. The number of carbonyl (C=O) groups is 1. The van der Waals surface area contributed by atoms with Crippen LogP contribution in [0.1, 0.15) is 0 Å². The number of aliphatic hydroxyl groups is 3. The number of hydrogen-bond acceptors (Lipinski definition) is 5. The van der Waals surface area contributed by atoms with Crippen LogP contribution in [-0.4, -0.2) is 62.5 Å². The molecule has 1 rings (SSSR count). The first-order valence-electron chi connectivity index (χ1n) is 4.82. The highest BCUT2D eigenvalue weighted by molar-refractivity contribution is 14.1. The average Bonchev–Trinajstić information content (AvgIpc) is 2.27. The van der Waals surface area contributed by atoms with Crippen molar-refractivity contribution in [2.75, 3.05) is 6.61 Å². The lowest BCUT2D eigenvalue weighted by Gasteiger charge is -2.40. The second-order valence-corrected chi connectivity index (χ2v) is 5.12. The summed E-state index contributed by atoms with van der Waals surface area (Å²) in [7, 11) is 0. The lowest BCUT2D eigenvalue weighted by atomic mass is 10.0. The molecule has 18 heavy (non-hydrogen) atoms. The number of nitrogens with one attached hydrogen (secondary N) is 1. The van der Waals surface area contributed by atoms with E-state index in [-0.39, 0.29) is 0 Å². The monoisotopic (exact) mass is 385 g/mol. The van der Waals surface area contributed by atoms with E-state index >= 15 is 0 Å². The van der Waals surface area contributed by atoms with Crippen molar-refractivity contribution in [3.05, 3.63) is 0 Å².